The van der Waals surface area contributed by atoms with E-state index >= 15 is 0 Å². The molecule has 298 valence electrons. The van der Waals surface area contributed by atoms with Gasteiger partial charge in [-0.05, 0) is 0 Å². The van der Waals surface area contributed by atoms with Gasteiger partial charge in [-0.3, -0.25) is 29.4 Å². The monoisotopic (exact) mass is 876 g/mol. The van der Waals surface area contributed by atoms with Crippen LogP contribution in [0.25, 0.3) is 0 Å². The molecule has 3 heterocycles. The zero-order valence-corrected chi connectivity index (χ0v) is 26.7. The van der Waals surface area contributed by atoms with Gasteiger partial charge in [0.15, 0.2) is 35.6 Å². The Morgan fingerprint density at radius 2 is 0.660 bits per heavy atom. The van der Waals surface area contributed by atoms with E-state index in [0.29, 0.717) is 0 Å². The van der Waals surface area contributed by atoms with Crippen molar-refractivity contribution in [2.75, 3.05) is 19.8 Å². The molecule has 0 saturated heterocycles. The number of aliphatic hydroxyl groups excluding tert-OH is 9. The Labute approximate surface area is 360 Å². The molecule has 0 fully saturated rings. The van der Waals surface area contributed by atoms with Crippen LogP contribution in [0.4, 0.5) is 0 Å². The van der Waals surface area contributed by atoms with Gasteiger partial charge in [-0.25, -0.2) is 28.1 Å². The van der Waals surface area contributed by atoms with Crippen LogP contribution in [0.1, 0.15) is 0 Å². The van der Waals surface area contributed by atoms with Crippen molar-refractivity contribution in [3.05, 3.63) is 34.6 Å². The van der Waals surface area contributed by atoms with E-state index in [1.54, 1.807) is 0 Å². The molecule has 0 aliphatic carbocycles. The summed E-state index contributed by atoms with van der Waals surface area (Å²) in [6.45, 7) is -2.44. The van der Waals surface area contributed by atoms with Crippen LogP contribution in [0.15, 0.2) is 34.6 Å². The molecule has 3 aliphatic rings. The first kappa shape index (κ1) is 61.8. The minimum atomic E-state index is -5.02. The molecule has 0 aromatic rings. The zero-order chi connectivity index (χ0) is 37.5. The van der Waals surface area contributed by atoms with E-state index < -0.39 is 132 Å². The number of rotatable bonds is 12. The third-order valence-electron chi connectivity index (χ3n) is 5.00. The average Bonchev–Trinajstić information content (AvgIpc) is 3.51. The Bertz CT molecular complexity index is 1290. The van der Waals surface area contributed by atoms with E-state index in [0.717, 1.165) is 0 Å². The summed E-state index contributed by atoms with van der Waals surface area (Å²) in [5.74, 6) is -10.2. The molecule has 0 aromatic carbocycles. The number of phosphoric acid groups is 3. The molecule has 35 heteroatoms. The van der Waals surface area contributed by atoms with E-state index in [9.17, 15) is 43.4 Å². The average molecular weight is 876 g/mol. The number of carbonyl (C=O) groups is 3. The summed E-state index contributed by atoms with van der Waals surface area (Å²) in [6, 6.07) is 0. The van der Waals surface area contributed by atoms with Crippen molar-refractivity contribution in [2.24, 2.45) is 0 Å². The fraction of sp³-hybridized carbons (Fsp3) is 0.500. The van der Waals surface area contributed by atoms with Crippen LogP contribution < -0.4 is 0 Å². The molecule has 0 amide bonds. The van der Waals surface area contributed by atoms with Crippen LogP contribution in [0.3, 0.4) is 0 Å². The van der Waals surface area contributed by atoms with Gasteiger partial charge in [-0.15, -0.1) is 0 Å². The van der Waals surface area contributed by atoms with Gasteiger partial charge in [0.2, 0.25) is 0 Å². The number of hydrogen-bond donors (Lipinski definition) is 15. The van der Waals surface area contributed by atoms with Crippen molar-refractivity contribution in [2.45, 2.75) is 36.6 Å². The van der Waals surface area contributed by atoms with Crippen molar-refractivity contribution < 1.29 is 142 Å². The first-order valence-corrected chi connectivity index (χ1v) is 16.4. The quantitative estimate of drug-likeness (QED) is 0.0375. The van der Waals surface area contributed by atoms with Gasteiger partial charge >= 0.3 is 130 Å². The summed E-state index contributed by atoms with van der Waals surface area (Å²) in [5, 5.41) is 80.8. The second-order valence-electron chi connectivity index (χ2n) is 8.62. The second kappa shape index (κ2) is 25.7. The maximum absolute atomic E-state index is 11.0. The van der Waals surface area contributed by atoms with E-state index in [2.05, 4.69) is 27.8 Å². The van der Waals surface area contributed by atoms with Crippen molar-refractivity contribution in [3.8, 4) is 0 Å². The van der Waals surface area contributed by atoms with Gasteiger partial charge in [0, 0.05) is 0 Å². The number of esters is 3. The molecular formula is C18H34Na3O29P3. The van der Waals surface area contributed by atoms with Crippen LogP contribution in [0, 0.1) is 0 Å². The molecule has 19 N–H and O–H groups in total. The first-order valence-electron chi connectivity index (χ1n) is 11.8. The van der Waals surface area contributed by atoms with Crippen molar-refractivity contribution in [3.63, 3.8) is 0 Å². The number of aliphatic hydroxyl groups is 9. The normalized spacial score (nSPS) is 21.1. The van der Waals surface area contributed by atoms with E-state index in [4.69, 9.17) is 60.0 Å². The van der Waals surface area contributed by atoms with Gasteiger partial charge in [0.1, 0.15) is 18.3 Å². The Morgan fingerprint density at radius 3 is 0.792 bits per heavy atom. The van der Waals surface area contributed by atoms with Crippen molar-refractivity contribution in [1.82, 2.24) is 0 Å². The summed E-state index contributed by atoms with van der Waals surface area (Å²) < 4.78 is 56.0. The summed E-state index contributed by atoms with van der Waals surface area (Å²) in [6.07, 6.45) is -9.62. The number of carbonyl (C=O) groups excluding carboxylic acids is 3. The maximum atomic E-state index is 11.0. The molecule has 0 unspecified atom stereocenters. The van der Waals surface area contributed by atoms with Gasteiger partial charge in [-0.2, -0.15) is 0 Å². The Balaban J connectivity index is -0.000000208. The fourth-order valence-electron chi connectivity index (χ4n) is 3.05. The molecule has 29 nitrogen and oxygen atoms in total. The van der Waals surface area contributed by atoms with Crippen LogP contribution in [0.5, 0.6) is 0 Å². The van der Waals surface area contributed by atoms with Crippen LogP contribution in [-0.4, -0.2) is 249 Å². The van der Waals surface area contributed by atoms with Crippen molar-refractivity contribution >= 4 is 130 Å². The summed E-state index contributed by atoms with van der Waals surface area (Å²) >= 11 is 0. The first-order chi connectivity index (χ1) is 21.8. The molecule has 3 rings (SSSR count). The molecule has 0 radical (unpaired) electrons. The number of phosphoric ester groups is 3. The summed E-state index contributed by atoms with van der Waals surface area (Å²) in [4.78, 5) is 83.5. The van der Waals surface area contributed by atoms with Gasteiger partial charge in [0.05, 0.1) is 19.8 Å². The molecule has 6 atom stereocenters. The molecular weight excluding hydrogens is 842 g/mol. The van der Waals surface area contributed by atoms with Gasteiger partial charge in [-0.1, -0.05) is 0 Å². The molecule has 0 bridgehead atoms. The van der Waals surface area contributed by atoms with Crippen LogP contribution in [0.2, 0.25) is 0 Å². The third kappa shape index (κ3) is 19.5. The van der Waals surface area contributed by atoms with Crippen LogP contribution >= 0.6 is 23.5 Å². The molecule has 0 aromatic heterocycles. The molecule has 3 aliphatic heterocycles. The molecule has 0 saturated carbocycles. The number of hydrogen-bond acceptors (Lipinski definition) is 21. The van der Waals surface area contributed by atoms with Crippen LogP contribution in [-0.2, 0) is 55.9 Å². The van der Waals surface area contributed by atoms with E-state index in [1.165, 1.54) is 0 Å². The third-order valence-corrected chi connectivity index (χ3v) is 6.27. The molecule has 0 spiro atoms. The van der Waals surface area contributed by atoms with E-state index in [1.807, 2.05) is 0 Å². The topological polar surface area (TPSA) is 524 Å². The minimum absolute atomic E-state index is 0. The zero-order valence-electron chi connectivity index (χ0n) is 24.0. The Hall–Kier alpha value is -0.440. The van der Waals surface area contributed by atoms with E-state index in [-0.39, 0.29) is 99.6 Å². The fourth-order valence-corrected chi connectivity index (χ4v) is 4.27. The molecule has 53 heavy (non-hydrogen) atoms. The predicted molar refractivity (Wildman–Crippen MR) is 166 cm³/mol. The number of cyclic esters (lactones) is 3. The summed E-state index contributed by atoms with van der Waals surface area (Å²) in [7, 11) is -15.1. The van der Waals surface area contributed by atoms with Gasteiger partial charge < -0.3 is 84.7 Å². The Morgan fingerprint density at radius 1 is 0.491 bits per heavy atom. The summed E-state index contributed by atoms with van der Waals surface area (Å²) in [5.41, 5.74) is 0. The van der Waals surface area contributed by atoms with Crippen molar-refractivity contribution in [1.29, 1.82) is 0 Å². The SMILES string of the molecule is O.O.O=C1O[C@H]([C@@H](O)CO)C(O)=C1OP(=O)(O)O.O=C1O[C@H]([C@@H](O)CO)C(O)=C1OP(=O)(O)O.O=C1O[C@H]([C@@H](O)CO)C(O)=C1OP(=O)(O)O.[NaH].[NaH].[NaH]. The van der Waals surface area contributed by atoms with Gasteiger partial charge in [0.25, 0.3) is 17.3 Å². The Kier molecular flexibility index (Phi) is 30.0. The number of ether oxygens (including phenoxy) is 3. The predicted octanol–water partition coefficient (Wildman–Crippen LogP) is -9.16. The second-order valence-corrected chi connectivity index (χ2v) is 12.1. The standard InChI is InChI=1S/3C6H9O9P.3Na.2H2O.3H/c3*7-1-2(8)4-3(9)5(6(10)14-4)15-16(11,12)13;;;;;;;;/h3*2,4,7-9H,1H2,(H2,11,12,13);;;;2*1H2;;;/t3*2-,4+;;;;;;;;/m000......../s1.